The quantitative estimate of drug-likeness (QED) is 0.508. The van der Waals surface area contributed by atoms with Gasteiger partial charge in [-0.05, 0) is 36.4 Å². The zero-order chi connectivity index (χ0) is 18.8. The van der Waals surface area contributed by atoms with Crippen LogP contribution in [0.1, 0.15) is 5.56 Å². The average molecular weight is 363 g/mol. The van der Waals surface area contributed by atoms with Gasteiger partial charge in [0.05, 0.1) is 5.56 Å². The van der Waals surface area contributed by atoms with Gasteiger partial charge in [-0.3, -0.25) is 9.97 Å². The summed E-state index contributed by atoms with van der Waals surface area (Å²) in [6, 6.07) is 13.5. The molecule has 132 valence electrons. The summed E-state index contributed by atoms with van der Waals surface area (Å²) >= 11 is 0. The molecular weight excluding hydrogens is 352 g/mol. The van der Waals surface area contributed by atoms with E-state index in [0.717, 1.165) is 11.1 Å². The lowest BCUT2D eigenvalue weighted by atomic mass is 10.1. The molecule has 27 heavy (non-hydrogen) atoms. The number of pyridine rings is 2. The zero-order valence-electron chi connectivity index (χ0n) is 13.8. The number of hydrogen-bond acceptors (Lipinski definition) is 5. The molecule has 5 nitrogen and oxygen atoms in total. The number of furan rings is 1. The van der Waals surface area contributed by atoms with Crippen LogP contribution in [0.15, 0.2) is 65.5 Å². The highest BCUT2D eigenvalue weighted by Crippen LogP contribution is 2.34. The van der Waals surface area contributed by atoms with E-state index in [0.29, 0.717) is 28.0 Å². The van der Waals surface area contributed by atoms with Crippen molar-refractivity contribution in [3.63, 3.8) is 0 Å². The fourth-order valence-corrected chi connectivity index (χ4v) is 2.76. The van der Waals surface area contributed by atoms with Crippen LogP contribution in [0.4, 0.5) is 8.78 Å². The second-order valence-corrected chi connectivity index (χ2v) is 5.66. The zero-order valence-corrected chi connectivity index (χ0v) is 13.8. The van der Waals surface area contributed by atoms with Gasteiger partial charge in [-0.25, -0.2) is 0 Å². The molecule has 3 aromatic heterocycles. The first-order valence-corrected chi connectivity index (χ1v) is 7.93. The lowest BCUT2D eigenvalue weighted by Gasteiger charge is -2.04. The molecule has 0 amide bonds. The van der Waals surface area contributed by atoms with E-state index in [1.807, 2.05) is 0 Å². The van der Waals surface area contributed by atoms with Crippen LogP contribution in [0.3, 0.4) is 0 Å². The molecular formula is C20H11F2N3O2. The lowest BCUT2D eigenvalue weighted by molar-refractivity contribution is -0.0498. The molecule has 0 radical (unpaired) electrons. The predicted molar refractivity (Wildman–Crippen MR) is 94.0 cm³/mol. The van der Waals surface area contributed by atoms with Gasteiger partial charge in [-0.1, -0.05) is 0 Å². The second kappa shape index (κ2) is 6.84. The monoisotopic (exact) mass is 363 g/mol. The molecule has 0 atom stereocenters. The van der Waals surface area contributed by atoms with Crippen molar-refractivity contribution in [2.45, 2.75) is 6.61 Å². The summed E-state index contributed by atoms with van der Waals surface area (Å²) in [4.78, 5) is 8.39. The standard InChI is InChI=1S/C20H11F2N3O2/c21-20(22)26-15-3-1-13(2-4-15)18-8-17-19(27-18)16(5-6-25-17)14-7-12(9-23)10-24-11-14/h1-8,10-11,20H. The number of nitrogens with zero attached hydrogens (tertiary/aromatic N) is 3. The van der Waals surface area contributed by atoms with Crippen LogP contribution in [0.2, 0.25) is 0 Å². The molecule has 0 unspecified atom stereocenters. The molecule has 0 aliphatic rings. The molecule has 0 aliphatic heterocycles. The van der Waals surface area contributed by atoms with E-state index in [4.69, 9.17) is 9.68 Å². The summed E-state index contributed by atoms with van der Waals surface area (Å²) in [7, 11) is 0. The van der Waals surface area contributed by atoms with Gasteiger partial charge in [0, 0.05) is 41.3 Å². The molecule has 7 heteroatoms. The number of halogens is 2. The maximum absolute atomic E-state index is 12.3. The third-order valence-corrected chi connectivity index (χ3v) is 3.95. The topological polar surface area (TPSA) is 71.9 Å². The molecule has 0 saturated heterocycles. The second-order valence-electron chi connectivity index (χ2n) is 5.66. The highest BCUT2D eigenvalue weighted by atomic mass is 19.3. The third-order valence-electron chi connectivity index (χ3n) is 3.95. The van der Waals surface area contributed by atoms with E-state index in [1.165, 1.54) is 18.3 Å². The summed E-state index contributed by atoms with van der Waals surface area (Å²) in [5.41, 5.74) is 3.83. The summed E-state index contributed by atoms with van der Waals surface area (Å²) in [5, 5.41) is 9.07. The summed E-state index contributed by atoms with van der Waals surface area (Å²) in [6.45, 7) is -2.87. The highest BCUT2D eigenvalue weighted by molar-refractivity contribution is 5.92. The van der Waals surface area contributed by atoms with Crippen molar-refractivity contribution < 1.29 is 17.9 Å². The van der Waals surface area contributed by atoms with Gasteiger partial charge in [0.1, 0.15) is 23.1 Å². The Hall–Kier alpha value is -3.79. The molecule has 1 aromatic carbocycles. The smallest absolute Gasteiger partial charge is 0.387 e. The van der Waals surface area contributed by atoms with Gasteiger partial charge in [0.25, 0.3) is 0 Å². The van der Waals surface area contributed by atoms with Crippen LogP contribution in [0.5, 0.6) is 5.75 Å². The van der Waals surface area contributed by atoms with E-state index >= 15 is 0 Å². The summed E-state index contributed by atoms with van der Waals surface area (Å²) in [5.74, 6) is 0.612. The molecule has 3 heterocycles. The van der Waals surface area contributed by atoms with Gasteiger partial charge in [0.2, 0.25) is 0 Å². The van der Waals surface area contributed by atoms with Crippen LogP contribution in [0, 0.1) is 11.3 Å². The van der Waals surface area contributed by atoms with E-state index in [9.17, 15) is 8.78 Å². The Morgan fingerprint density at radius 2 is 1.85 bits per heavy atom. The van der Waals surface area contributed by atoms with Crippen LogP contribution < -0.4 is 4.74 Å². The van der Waals surface area contributed by atoms with Crippen LogP contribution in [0.25, 0.3) is 33.6 Å². The summed E-state index contributed by atoms with van der Waals surface area (Å²) < 4.78 is 34.9. The SMILES string of the molecule is N#Cc1cncc(-c2ccnc3cc(-c4ccc(OC(F)F)cc4)oc23)c1. The fraction of sp³-hybridized carbons (Fsp3) is 0.0500. The van der Waals surface area contributed by atoms with Crippen molar-refractivity contribution in [1.29, 1.82) is 5.26 Å². The Labute approximate surface area is 152 Å². The minimum absolute atomic E-state index is 0.0723. The van der Waals surface area contributed by atoms with Crippen LogP contribution >= 0.6 is 0 Å². The van der Waals surface area contributed by atoms with Gasteiger partial charge in [-0.2, -0.15) is 14.0 Å². The molecule has 0 fully saturated rings. The van der Waals surface area contributed by atoms with Gasteiger partial charge in [0.15, 0.2) is 5.58 Å². The van der Waals surface area contributed by atoms with Crippen molar-refractivity contribution in [2.75, 3.05) is 0 Å². The maximum Gasteiger partial charge on any atom is 0.387 e. The van der Waals surface area contributed by atoms with Crippen molar-refractivity contribution in [1.82, 2.24) is 9.97 Å². The van der Waals surface area contributed by atoms with Crippen molar-refractivity contribution in [3.05, 3.63) is 66.6 Å². The Morgan fingerprint density at radius 3 is 2.59 bits per heavy atom. The molecule has 4 aromatic rings. The highest BCUT2D eigenvalue weighted by Gasteiger charge is 2.13. The largest absolute Gasteiger partial charge is 0.454 e. The first kappa shape index (κ1) is 16.7. The lowest BCUT2D eigenvalue weighted by Crippen LogP contribution is -2.01. The van der Waals surface area contributed by atoms with Crippen LogP contribution in [-0.4, -0.2) is 16.6 Å². The van der Waals surface area contributed by atoms with E-state index in [2.05, 4.69) is 20.8 Å². The number of rotatable bonds is 4. The molecule has 0 spiro atoms. The first-order chi connectivity index (χ1) is 13.1. The average Bonchev–Trinajstić information content (AvgIpc) is 3.12. The van der Waals surface area contributed by atoms with Crippen molar-refractivity contribution in [2.24, 2.45) is 0 Å². The number of aromatic nitrogens is 2. The fourth-order valence-electron chi connectivity index (χ4n) is 2.76. The van der Waals surface area contributed by atoms with E-state index in [-0.39, 0.29) is 5.75 Å². The number of nitriles is 1. The molecule has 0 bridgehead atoms. The van der Waals surface area contributed by atoms with E-state index in [1.54, 1.807) is 42.7 Å². The Balaban J connectivity index is 1.76. The Kier molecular flexibility index (Phi) is 4.22. The predicted octanol–water partition coefficient (Wildman–Crippen LogP) is 5.03. The molecule has 0 saturated carbocycles. The molecule has 4 rings (SSSR count). The number of hydrogen-bond donors (Lipinski definition) is 0. The first-order valence-electron chi connectivity index (χ1n) is 7.93. The van der Waals surface area contributed by atoms with Gasteiger partial charge in [-0.15, -0.1) is 0 Å². The minimum atomic E-state index is -2.87. The number of benzene rings is 1. The van der Waals surface area contributed by atoms with Crippen LogP contribution in [-0.2, 0) is 0 Å². The number of ether oxygens (including phenoxy) is 1. The third kappa shape index (κ3) is 3.33. The van der Waals surface area contributed by atoms with Gasteiger partial charge < -0.3 is 9.15 Å². The molecule has 0 aliphatic carbocycles. The number of alkyl halides is 2. The number of fused-ring (bicyclic) bond motifs is 1. The molecule has 0 N–H and O–H groups in total. The van der Waals surface area contributed by atoms with E-state index < -0.39 is 6.61 Å². The Bertz CT molecular complexity index is 1150. The summed E-state index contributed by atoms with van der Waals surface area (Å²) in [6.07, 6.45) is 4.78. The minimum Gasteiger partial charge on any atom is -0.454 e. The van der Waals surface area contributed by atoms with Gasteiger partial charge >= 0.3 is 6.61 Å². The maximum atomic E-state index is 12.3. The van der Waals surface area contributed by atoms with Crippen molar-refractivity contribution >= 4 is 11.1 Å². The normalized spacial score (nSPS) is 10.9. The Morgan fingerprint density at radius 1 is 1.04 bits per heavy atom. The van der Waals surface area contributed by atoms with Crippen molar-refractivity contribution in [3.8, 4) is 34.3 Å².